The number of rotatable bonds is 6. The maximum atomic E-state index is 13.7. The summed E-state index contributed by atoms with van der Waals surface area (Å²) in [6.07, 6.45) is 2.45. The molecule has 3 N–H and O–H groups in total. The zero-order valence-corrected chi connectivity index (χ0v) is 11.6. The molecule has 0 bridgehead atoms. The van der Waals surface area contributed by atoms with Gasteiger partial charge in [-0.05, 0) is 13.3 Å². The van der Waals surface area contributed by atoms with E-state index in [2.05, 4.69) is 10.3 Å². The van der Waals surface area contributed by atoms with Gasteiger partial charge >= 0.3 is 0 Å². The van der Waals surface area contributed by atoms with Gasteiger partial charge in [0.05, 0.1) is 30.7 Å². The summed E-state index contributed by atoms with van der Waals surface area (Å²) in [4.78, 5) is 4.07. The van der Waals surface area contributed by atoms with Crippen molar-refractivity contribution in [3.05, 3.63) is 35.8 Å². The molecule has 0 aliphatic carbocycles. The van der Waals surface area contributed by atoms with Gasteiger partial charge in [0, 0.05) is 12.1 Å². The Balaban J connectivity index is 2.09. The molecule has 0 saturated heterocycles. The third-order valence-corrected chi connectivity index (χ3v) is 2.66. The Morgan fingerprint density at radius 2 is 2.25 bits per heavy atom. The summed E-state index contributed by atoms with van der Waals surface area (Å²) in [6.45, 7) is 4.61. The van der Waals surface area contributed by atoms with Crippen molar-refractivity contribution in [2.45, 2.75) is 26.8 Å². The topological polar surface area (TPSA) is 73.3 Å². The maximum absolute atomic E-state index is 13.7. The van der Waals surface area contributed by atoms with Crippen LogP contribution in [-0.4, -0.2) is 11.6 Å². The second kappa shape index (κ2) is 6.27. The highest BCUT2D eigenvalue weighted by Gasteiger charge is 2.10. The molecule has 20 heavy (non-hydrogen) atoms. The first-order valence-electron chi connectivity index (χ1n) is 6.47. The fourth-order valence-corrected chi connectivity index (χ4v) is 1.70. The molecule has 5 nitrogen and oxygen atoms in total. The van der Waals surface area contributed by atoms with Gasteiger partial charge in [-0.25, -0.2) is 9.37 Å². The Kier molecular flexibility index (Phi) is 4.45. The van der Waals surface area contributed by atoms with Crippen LogP contribution >= 0.6 is 0 Å². The molecule has 0 radical (unpaired) electrons. The number of nitrogens with one attached hydrogen (secondary N) is 1. The van der Waals surface area contributed by atoms with E-state index in [-0.39, 0.29) is 5.75 Å². The average Bonchev–Trinajstić information content (AvgIpc) is 2.82. The van der Waals surface area contributed by atoms with Crippen LogP contribution in [0.15, 0.2) is 22.7 Å². The van der Waals surface area contributed by atoms with Crippen molar-refractivity contribution in [3.63, 3.8) is 0 Å². The Morgan fingerprint density at radius 3 is 2.90 bits per heavy atom. The van der Waals surface area contributed by atoms with Crippen LogP contribution in [0, 0.1) is 12.7 Å². The molecular weight excluding hydrogens is 261 g/mol. The summed E-state index contributed by atoms with van der Waals surface area (Å²) >= 11 is 0. The van der Waals surface area contributed by atoms with E-state index in [0.29, 0.717) is 30.4 Å². The van der Waals surface area contributed by atoms with Crippen LogP contribution < -0.4 is 15.8 Å². The van der Waals surface area contributed by atoms with Crippen molar-refractivity contribution in [2.75, 3.05) is 17.7 Å². The van der Waals surface area contributed by atoms with Crippen molar-refractivity contribution >= 4 is 11.4 Å². The van der Waals surface area contributed by atoms with Gasteiger partial charge < -0.3 is 20.2 Å². The molecule has 2 rings (SSSR count). The van der Waals surface area contributed by atoms with E-state index in [1.165, 1.54) is 6.07 Å². The summed E-state index contributed by atoms with van der Waals surface area (Å²) in [5.41, 5.74) is 6.68. The third-order valence-electron chi connectivity index (χ3n) is 2.66. The smallest absolute Gasteiger partial charge is 0.213 e. The van der Waals surface area contributed by atoms with E-state index in [4.69, 9.17) is 14.9 Å². The summed E-state index contributed by atoms with van der Waals surface area (Å²) < 4.78 is 24.3. The van der Waals surface area contributed by atoms with Crippen molar-refractivity contribution in [3.8, 4) is 5.75 Å². The van der Waals surface area contributed by atoms with Crippen LogP contribution in [0.3, 0.4) is 0 Å². The number of anilines is 2. The molecule has 2 aromatic rings. The summed E-state index contributed by atoms with van der Waals surface area (Å²) in [5.74, 6) is 1.00. The second-order valence-electron chi connectivity index (χ2n) is 4.44. The Morgan fingerprint density at radius 1 is 1.45 bits per heavy atom. The molecule has 1 aromatic heterocycles. The molecular formula is C14H18FN3O2. The predicted octanol–water partition coefficient (Wildman–Crippen LogP) is 3.11. The Bertz CT molecular complexity index is 584. The fourth-order valence-electron chi connectivity index (χ4n) is 1.70. The lowest BCUT2D eigenvalue weighted by Gasteiger charge is -2.12. The number of benzene rings is 1. The molecule has 108 valence electrons. The summed E-state index contributed by atoms with van der Waals surface area (Å²) in [5, 5.41) is 3.06. The number of nitrogens with two attached hydrogens (primary N) is 1. The van der Waals surface area contributed by atoms with Crippen molar-refractivity contribution in [1.82, 2.24) is 4.98 Å². The number of nitrogen functional groups attached to an aromatic ring is 1. The minimum Gasteiger partial charge on any atom is -0.490 e. The van der Waals surface area contributed by atoms with E-state index in [0.717, 1.165) is 12.2 Å². The minimum absolute atomic E-state index is 0.187. The highest BCUT2D eigenvalue weighted by atomic mass is 19.1. The van der Waals surface area contributed by atoms with Gasteiger partial charge in [0.1, 0.15) is 5.76 Å². The van der Waals surface area contributed by atoms with Crippen LogP contribution in [0.25, 0.3) is 0 Å². The molecule has 0 aliphatic heterocycles. The molecule has 0 fully saturated rings. The highest BCUT2D eigenvalue weighted by Crippen LogP contribution is 2.28. The Hall–Kier alpha value is -2.24. The SMILES string of the molecule is CCCOc1cc(NCc2ncc(C)o2)c(N)cc1F. The van der Waals surface area contributed by atoms with E-state index >= 15 is 0 Å². The van der Waals surface area contributed by atoms with Crippen LogP contribution in [0.2, 0.25) is 0 Å². The lowest BCUT2D eigenvalue weighted by Crippen LogP contribution is -2.05. The predicted molar refractivity (Wildman–Crippen MR) is 75.2 cm³/mol. The number of nitrogens with zero attached hydrogens (tertiary/aromatic N) is 1. The first kappa shape index (κ1) is 14.2. The monoisotopic (exact) mass is 279 g/mol. The molecule has 0 aliphatic rings. The minimum atomic E-state index is -0.464. The quantitative estimate of drug-likeness (QED) is 0.795. The van der Waals surface area contributed by atoms with Gasteiger partial charge in [-0.1, -0.05) is 6.92 Å². The lowest BCUT2D eigenvalue weighted by atomic mass is 10.2. The van der Waals surface area contributed by atoms with Gasteiger partial charge in [-0.2, -0.15) is 0 Å². The van der Waals surface area contributed by atoms with Gasteiger partial charge in [0.2, 0.25) is 5.89 Å². The first-order valence-corrected chi connectivity index (χ1v) is 6.47. The number of hydrogen-bond donors (Lipinski definition) is 2. The molecule has 6 heteroatoms. The van der Waals surface area contributed by atoms with Crippen molar-refractivity contribution < 1.29 is 13.5 Å². The van der Waals surface area contributed by atoms with Crippen LogP contribution in [-0.2, 0) is 6.54 Å². The fraction of sp³-hybridized carbons (Fsp3) is 0.357. The number of oxazole rings is 1. The molecule has 1 aromatic carbocycles. The van der Waals surface area contributed by atoms with E-state index in [1.54, 1.807) is 12.3 Å². The van der Waals surface area contributed by atoms with E-state index < -0.39 is 5.82 Å². The van der Waals surface area contributed by atoms with Crippen molar-refractivity contribution in [1.29, 1.82) is 0 Å². The number of aromatic nitrogens is 1. The number of aryl methyl sites for hydroxylation is 1. The van der Waals surface area contributed by atoms with Crippen LogP contribution in [0.5, 0.6) is 5.75 Å². The maximum Gasteiger partial charge on any atom is 0.213 e. The van der Waals surface area contributed by atoms with E-state index in [1.807, 2.05) is 13.8 Å². The second-order valence-corrected chi connectivity index (χ2v) is 4.44. The largest absolute Gasteiger partial charge is 0.490 e. The summed E-state index contributed by atoms with van der Waals surface area (Å²) in [7, 11) is 0. The summed E-state index contributed by atoms with van der Waals surface area (Å²) in [6, 6.07) is 2.80. The molecule has 0 amide bonds. The van der Waals surface area contributed by atoms with Crippen LogP contribution in [0.4, 0.5) is 15.8 Å². The average molecular weight is 279 g/mol. The van der Waals surface area contributed by atoms with Gasteiger partial charge in [-0.3, -0.25) is 0 Å². The number of ether oxygens (including phenoxy) is 1. The molecule has 0 spiro atoms. The zero-order chi connectivity index (χ0) is 14.5. The molecule has 1 heterocycles. The third kappa shape index (κ3) is 3.40. The molecule has 0 saturated carbocycles. The first-order chi connectivity index (χ1) is 9.60. The standard InChI is InChI=1S/C14H18FN3O2/c1-3-4-19-13-6-12(11(16)5-10(13)15)17-8-14-18-7-9(2)20-14/h5-7,17H,3-4,8,16H2,1-2H3. The number of halogens is 1. The number of hydrogen-bond acceptors (Lipinski definition) is 5. The van der Waals surface area contributed by atoms with Gasteiger partial charge in [0.25, 0.3) is 0 Å². The van der Waals surface area contributed by atoms with Gasteiger partial charge in [0.15, 0.2) is 11.6 Å². The van der Waals surface area contributed by atoms with E-state index in [9.17, 15) is 4.39 Å². The zero-order valence-electron chi connectivity index (χ0n) is 11.6. The highest BCUT2D eigenvalue weighted by molar-refractivity contribution is 5.68. The lowest BCUT2D eigenvalue weighted by molar-refractivity contribution is 0.301. The van der Waals surface area contributed by atoms with Crippen LogP contribution in [0.1, 0.15) is 25.0 Å². The molecule has 0 atom stereocenters. The van der Waals surface area contributed by atoms with Crippen molar-refractivity contribution in [2.24, 2.45) is 0 Å². The normalized spacial score (nSPS) is 10.6. The van der Waals surface area contributed by atoms with Gasteiger partial charge in [-0.15, -0.1) is 0 Å². The molecule has 0 unspecified atom stereocenters. The Labute approximate surface area is 116 Å².